The smallest absolute Gasteiger partial charge is 0.254 e. The quantitative estimate of drug-likeness (QED) is 0.336. The molecule has 32 heavy (non-hydrogen) atoms. The molecule has 1 aliphatic rings. The van der Waals surface area contributed by atoms with E-state index in [9.17, 15) is 24.6 Å². The molecule has 1 aliphatic heterocycles. The average molecular weight is 442 g/mol. The van der Waals surface area contributed by atoms with Gasteiger partial charge in [0.1, 0.15) is 0 Å². The van der Waals surface area contributed by atoms with Gasteiger partial charge in [0.05, 0.1) is 0 Å². The minimum absolute atomic E-state index is 0.108. The van der Waals surface area contributed by atoms with E-state index in [1.807, 2.05) is 25.1 Å². The van der Waals surface area contributed by atoms with Crippen LogP contribution in [0.5, 0.6) is 0 Å². The molecule has 1 aromatic rings. The Balaban J connectivity index is 2.00. The van der Waals surface area contributed by atoms with Gasteiger partial charge in [0.25, 0.3) is 17.7 Å². The molecule has 0 radical (unpaired) electrons. The van der Waals surface area contributed by atoms with E-state index in [1.54, 1.807) is 31.3 Å². The number of aliphatic hydroxyl groups is 2. The summed E-state index contributed by atoms with van der Waals surface area (Å²) in [7, 11) is 1.56. The van der Waals surface area contributed by atoms with Gasteiger partial charge in [0.2, 0.25) is 0 Å². The molecular weight excluding hydrogens is 410 g/mol. The first-order valence-electron chi connectivity index (χ1n) is 10.6. The Bertz CT molecular complexity index is 899. The molecule has 1 fully saturated rings. The van der Waals surface area contributed by atoms with Crippen LogP contribution >= 0.6 is 0 Å². The van der Waals surface area contributed by atoms with Crippen molar-refractivity contribution in [1.82, 2.24) is 15.5 Å². The summed E-state index contributed by atoms with van der Waals surface area (Å²) in [5.41, 5.74) is 2.77. The van der Waals surface area contributed by atoms with Crippen molar-refractivity contribution in [2.75, 3.05) is 20.1 Å². The minimum Gasteiger partial charge on any atom is -0.380 e. The number of allylic oxidation sites excluding steroid dienone is 3. The minimum atomic E-state index is -1.84. The molecule has 1 aromatic carbocycles. The number of likely N-dealkylation sites (N-methyl/N-ethyl adjacent to an activating group) is 1. The zero-order valence-electron chi connectivity index (χ0n) is 18.5. The summed E-state index contributed by atoms with van der Waals surface area (Å²) in [6, 6.07) is 7.21. The topological polar surface area (TPSA) is 119 Å². The molecule has 0 bridgehead atoms. The van der Waals surface area contributed by atoms with E-state index in [1.165, 1.54) is 4.90 Å². The molecule has 1 heterocycles. The van der Waals surface area contributed by atoms with Gasteiger partial charge in [-0.2, -0.15) is 0 Å². The molecule has 172 valence electrons. The fraction of sp³-hybridized carbons (Fsp3) is 0.375. The number of amides is 3. The van der Waals surface area contributed by atoms with E-state index in [0.717, 1.165) is 29.5 Å². The van der Waals surface area contributed by atoms with Crippen LogP contribution in [0.4, 0.5) is 0 Å². The van der Waals surface area contributed by atoms with Gasteiger partial charge in [-0.25, -0.2) is 0 Å². The third-order valence-corrected chi connectivity index (χ3v) is 5.31. The van der Waals surface area contributed by atoms with Crippen molar-refractivity contribution in [3.8, 4) is 0 Å². The van der Waals surface area contributed by atoms with Crippen molar-refractivity contribution < 1.29 is 24.6 Å². The molecule has 2 rings (SSSR count). The molecule has 3 amide bonds. The maximum Gasteiger partial charge on any atom is 0.254 e. The number of carbonyl (C=O) groups excluding carboxylic acids is 3. The van der Waals surface area contributed by atoms with Gasteiger partial charge in [-0.15, -0.1) is 0 Å². The van der Waals surface area contributed by atoms with E-state index in [0.29, 0.717) is 18.7 Å². The van der Waals surface area contributed by atoms with Gasteiger partial charge >= 0.3 is 0 Å². The first-order chi connectivity index (χ1) is 15.3. The Morgan fingerprint density at radius 1 is 1.12 bits per heavy atom. The molecule has 4 N–H and O–H groups in total. The lowest BCUT2D eigenvalue weighted by Crippen LogP contribution is -2.50. The van der Waals surface area contributed by atoms with E-state index in [2.05, 4.69) is 17.2 Å². The number of benzene rings is 1. The number of aliphatic hydroxyl groups excluding tert-OH is 2. The van der Waals surface area contributed by atoms with Crippen molar-refractivity contribution in [1.29, 1.82) is 0 Å². The number of rotatable bonds is 9. The van der Waals surface area contributed by atoms with Crippen molar-refractivity contribution >= 4 is 23.3 Å². The predicted molar refractivity (Wildman–Crippen MR) is 122 cm³/mol. The maximum absolute atomic E-state index is 12.2. The Morgan fingerprint density at radius 2 is 1.75 bits per heavy atom. The zero-order chi connectivity index (χ0) is 23.7. The van der Waals surface area contributed by atoms with Gasteiger partial charge < -0.3 is 25.7 Å². The van der Waals surface area contributed by atoms with E-state index in [4.69, 9.17) is 0 Å². The number of nitrogens with zero attached hydrogens (tertiary/aromatic N) is 1. The molecule has 0 aliphatic carbocycles. The lowest BCUT2D eigenvalue weighted by atomic mass is 9.95. The van der Waals surface area contributed by atoms with Gasteiger partial charge in [-0.3, -0.25) is 14.4 Å². The highest BCUT2D eigenvalue weighted by Gasteiger charge is 2.34. The van der Waals surface area contributed by atoms with Crippen LogP contribution in [0.15, 0.2) is 54.6 Å². The summed E-state index contributed by atoms with van der Waals surface area (Å²) in [5, 5.41) is 25.3. The van der Waals surface area contributed by atoms with Crippen LogP contribution in [0.1, 0.15) is 30.9 Å². The third-order valence-electron chi connectivity index (χ3n) is 5.31. The monoisotopic (exact) mass is 441 g/mol. The van der Waals surface area contributed by atoms with Crippen LogP contribution in [-0.2, 0) is 20.9 Å². The Kier molecular flexibility index (Phi) is 9.37. The van der Waals surface area contributed by atoms with Crippen LogP contribution < -0.4 is 10.6 Å². The van der Waals surface area contributed by atoms with Gasteiger partial charge in [-0.1, -0.05) is 43.0 Å². The molecule has 2 atom stereocenters. The molecule has 0 aromatic heterocycles. The molecule has 8 nitrogen and oxygen atoms in total. The molecule has 8 heteroatoms. The molecule has 0 saturated carbocycles. The van der Waals surface area contributed by atoms with Gasteiger partial charge in [0.15, 0.2) is 12.2 Å². The number of hydrogen-bond donors (Lipinski definition) is 4. The Labute approximate surface area is 188 Å². The fourth-order valence-electron chi connectivity index (χ4n) is 3.52. The van der Waals surface area contributed by atoms with Crippen LogP contribution in [-0.4, -0.2) is 65.2 Å². The first kappa shape index (κ1) is 25.0. The second kappa shape index (κ2) is 12.0. The molecular formula is C24H31N3O5. The van der Waals surface area contributed by atoms with Crippen molar-refractivity contribution in [3.63, 3.8) is 0 Å². The van der Waals surface area contributed by atoms with Crippen LogP contribution in [0.25, 0.3) is 5.57 Å². The van der Waals surface area contributed by atoms with E-state index in [-0.39, 0.29) is 12.5 Å². The summed E-state index contributed by atoms with van der Waals surface area (Å²) in [4.78, 5) is 38.0. The molecule has 0 spiro atoms. The highest BCUT2D eigenvalue weighted by molar-refractivity contribution is 6.09. The lowest BCUT2D eigenvalue weighted by Gasteiger charge is -2.22. The van der Waals surface area contributed by atoms with Crippen molar-refractivity contribution in [2.45, 2.75) is 38.5 Å². The Hall–Kier alpha value is -3.23. The average Bonchev–Trinajstić information content (AvgIpc) is 3.36. The van der Waals surface area contributed by atoms with Crippen LogP contribution in [0.2, 0.25) is 0 Å². The van der Waals surface area contributed by atoms with Gasteiger partial charge in [0, 0.05) is 32.3 Å². The lowest BCUT2D eigenvalue weighted by molar-refractivity contribution is -0.152. The first-order valence-corrected chi connectivity index (χ1v) is 10.6. The molecule has 1 saturated heterocycles. The van der Waals surface area contributed by atoms with E-state index < -0.39 is 24.0 Å². The van der Waals surface area contributed by atoms with Gasteiger partial charge in [-0.05, 0) is 42.5 Å². The summed E-state index contributed by atoms with van der Waals surface area (Å²) in [6.45, 7) is 6.64. The number of carbonyl (C=O) groups is 3. The Morgan fingerprint density at radius 3 is 2.28 bits per heavy atom. The molecule has 2 unspecified atom stereocenters. The fourth-order valence-corrected chi connectivity index (χ4v) is 3.52. The standard InChI is InChI=1S/C24H31N3O5/c1-4-8-19(22(30)25-3)18(5-2)17-11-9-16(10-12-17)15-26-23(31)20(28)21(29)24(32)27-13-6-7-14-27/h4-5,8-12,20-21,28-29H,1,6-7,13-15H2,2-3H3,(H,25,30)(H,26,31)/b18-5-,19-8+. The summed E-state index contributed by atoms with van der Waals surface area (Å²) in [5.74, 6) is -1.68. The zero-order valence-corrected chi connectivity index (χ0v) is 18.5. The highest BCUT2D eigenvalue weighted by Crippen LogP contribution is 2.24. The van der Waals surface area contributed by atoms with Crippen LogP contribution in [0.3, 0.4) is 0 Å². The number of hydrogen-bond acceptors (Lipinski definition) is 5. The maximum atomic E-state index is 12.2. The second-order valence-corrected chi connectivity index (χ2v) is 7.43. The summed E-state index contributed by atoms with van der Waals surface area (Å²) < 4.78 is 0. The largest absolute Gasteiger partial charge is 0.380 e. The number of likely N-dealkylation sites (tertiary alicyclic amines) is 1. The van der Waals surface area contributed by atoms with Crippen LogP contribution in [0, 0.1) is 0 Å². The highest BCUT2D eigenvalue weighted by atomic mass is 16.3. The summed E-state index contributed by atoms with van der Waals surface area (Å²) in [6.07, 6.45) is 3.09. The second-order valence-electron chi connectivity index (χ2n) is 7.43. The summed E-state index contributed by atoms with van der Waals surface area (Å²) >= 11 is 0. The number of nitrogens with one attached hydrogen (secondary N) is 2. The van der Waals surface area contributed by atoms with Crippen molar-refractivity contribution in [3.05, 3.63) is 65.8 Å². The normalized spacial score (nSPS) is 16.3. The van der Waals surface area contributed by atoms with E-state index >= 15 is 0 Å². The SMILES string of the molecule is C=C/C=C(C(=O)NC)\C(=C/C)c1ccc(CNC(=O)C(O)C(O)C(=O)N2CCCC2)cc1. The predicted octanol–water partition coefficient (Wildman–Crippen LogP) is 0.909. The van der Waals surface area contributed by atoms with Crippen molar-refractivity contribution in [2.24, 2.45) is 0 Å². The third kappa shape index (κ3) is 6.15.